The first-order valence-electron chi connectivity index (χ1n) is 7.50. The van der Waals surface area contributed by atoms with Crippen molar-refractivity contribution >= 4 is 0 Å². The van der Waals surface area contributed by atoms with E-state index in [2.05, 4.69) is 23.4 Å². The van der Waals surface area contributed by atoms with E-state index in [0.717, 1.165) is 31.8 Å². The van der Waals surface area contributed by atoms with Crippen molar-refractivity contribution < 1.29 is 4.39 Å². The van der Waals surface area contributed by atoms with Gasteiger partial charge in [-0.25, -0.2) is 4.39 Å². The summed E-state index contributed by atoms with van der Waals surface area (Å²) in [5.74, 6) is -0.227. The van der Waals surface area contributed by atoms with Crippen molar-refractivity contribution in [3.63, 3.8) is 0 Å². The predicted molar refractivity (Wildman–Crippen MR) is 85.6 cm³/mol. The molecule has 0 saturated carbocycles. The topological polar surface area (TPSA) is 32.5 Å². The van der Waals surface area contributed by atoms with E-state index in [4.69, 9.17) is 5.73 Å². The molecule has 0 bridgehead atoms. The van der Waals surface area contributed by atoms with Gasteiger partial charge in [0.1, 0.15) is 5.82 Å². The van der Waals surface area contributed by atoms with Crippen molar-refractivity contribution in [1.82, 2.24) is 9.80 Å². The molecule has 1 fully saturated rings. The minimum atomic E-state index is -0.715. The lowest BCUT2D eigenvalue weighted by molar-refractivity contribution is 0.124. The SMILES string of the molecule is C=C(C)CC(N)(CN1CCN(C)CC1)c1ccccc1F. The number of benzene rings is 1. The third-order valence-corrected chi connectivity index (χ3v) is 4.13. The Kier molecular flexibility index (Phi) is 5.14. The van der Waals surface area contributed by atoms with Crippen molar-refractivity contribution in [1.29, 1.82) is 0 Å². The van der Waals surface area contributed by atoms with Crippen LogP contribution in [0.4, 0.5) is 4.39 Å². The van der Waals surface area contributed by atoms with Crippen LogP contribution >= 0.6 is 0 Å². The highest BCUT2D eigenvalue weighted by Crippen LogP contribution is 2.29. The molecule has 1 aliphatic heterocycles. The second-order valence-corrected chi connectivity index (χ2v) is 6.35. The van der Waals surface area contributed by atoms with Crippen molar-refractivity contribution in [2.75, 3.05) is 39.8 Å². The van der Waals surface area contributed by atoms with Crippen molar-refractivity contribution in [3.8, 4) is 0 Å². The number of nitrogens with two attached hydrogens (primary N) is 1. The van der Waals surface area contributed by atoms with E-state index < -0.39 is 5.54 Å². The average Bonchev–Trinajstić information content (AvgIpc) is 2.41. The molecule has 1 heterocycles. The van der Waals surface area contributed by atoms with E-state index in [-0.39, 0.29) is 5.82 Å². The fraction of sp³-hybridized carbons (Fsp3) is 0.529. The number of hydrogen-bond donors (Lipinski definition) is 1. The van der Waals surface area contributed by atoms with Gasteiger partial charge in [-0.3, -0.25) is 4.90 Å². The van der Waals surface area contributed by atoms with Crippen LogP contribution < -0.4 is 5.73 Å². The molecule has 1 atom stereocenters. The maximum absolute atomic E-state index is 14.2. The molecule has 0 aromatic heterocycles. The molecule has 1 saturated heterocycles. The fourth-order valence-electron chi connectivity index (χ4n) is 3.04. The average molecular weight is 291 g/mol. The second kappa shape index (κ2) is 6.69. The van der Waals surface area contributed by atoms with Crippen LogP contribution in [0.15, 0.2) is 36.4 Å². The van der Waals surface area contributed by atoms with Gasteiger partial charge in [0.05, 0.1) is 5.54 Å². The van der Waals surface area contributed by atoms with Crippen molar-refractivity contribution in [2.24, 2.45) is 5.73 Å². The van der Waals surface area contributed by atoms with Gasteiger partial charge >= 0.3 is 0 Å². The molecule has 0 aliphatic carbocycles. The molecule has 0 radical (unpaired) electrons. The molecule has 1 aliphatic rings. The largest absolute Gasteiger partial charge is 0.320 e. The Labute approximate surface area is 127 Å². The summed E-state index contributed by atoms with van der Waals surface area (Å²) in [4.78, 5) is 4.63. The first-order chi connectivity index (χ1) is 9.90. The lowest BCUT2D eigenvalue weighted by Gasteiger charge is -2.40. The Morgan fingerprint density at radius 2 is 1.90 bits per heavy atom. The summed E-state index contributed by atoms with van der Waals surface area (Å²) in [7, 11) is 2.12. The zero-order valence-corrected chi connectivity index (χ0v) is 13.1. The fourth-order valence-corrected chi connectivity index (χ4v) is 3.04. The van der Waals surface area contributed by atoms with Crippen LogP contribution in [0.1, 0.15) is 18.9 Å². The highest BCUT2D eigenvalue weighted by molar-refractivity contribution is 5.28. The molecule has 1 unspecified atom stereocenters. The van der Waals surface area contributed by atoms with Crippen LogP contribution in [-0.2, 0) is 5.54 Å². The maximum Gasteiger partial charge on any atom is 0.128 e. The summed E-state index contributed by atoms with van der Waals surface area (Å²) in [6.45, 7) is 10.6. The Hall–Kier alpha value is -1.23. The van der Waals surface area contributed by atoms with Crippen LogP contribution in [0.25, 0.3) is 0 Å². The molecule has 2 N–H and O–H groups in total. The summed E-state index contributed by atoms with van der Waals surface area (Å²) in [5, 5.41) is 0. The van der Waals surface area contributed by atoms with E-state index in [9.17, 15) is 4.39 Å². The molecule has 1 aromatic rings. The van der Waals surface area contributed by atoms with Gasteiger partial charge in [0, 0.05) is 38.3 Å². The van der Waals surface area contributed by atoms with E-state index in [1.54, 1.807) is 12.1 Å². The van der Waals surface area contributed by atoms with E-state index >= 15 is 0 Å². The molecule has 116 valence electrons. The summed E-state index contributed by atoms with van der Waals surface area (Å²) in [6, 6.07) is 6.84. The van der Waals surface area contributed by atoms with E-state index in [1.165, 1.54) is 6.07 Å². The summed E-state index contributed by atoms with van der Waals surface area (Å²) < 4.78 is 14.2. The Balaban J connectivity index is 2.21. The molecular weight excluding hydrogens is 265 g/mol. The first-order valence-corrected chi connectivity index (χ1v) is 7.50. The molecular formula is C17H26FN3. The van der Waals surface area contributed by atoms with Crippen LogP contribution in [0, 0.1) is 5.82 Å². The molecule has 1 aromatic carbocycles. The third kappa shape index (κ3) is 4.13. The number of nitrogens with zero attached hydrogens (tertiary/aromatic N) is 2. The van der Waals surface area contributed by atoms with Gasteiger partial charge in [0.2, 0.25) is 0 Å². The van der Waals surface area contributed by atoms with Gasteiger partial charge in [-0.05, 0) is 26.5 Å². The minimum absolute atomic E-state index is 0.227. The van der Waals surface area contributed by atoms with E-state index in [0.29, 0.717) is 18.5 Å². The highest BCUT2D eigenvalue weighted by Gasteiger charge is 2.33. The van der Waals surface area contributed by atoms with Gasteiger partial charge in [0.15, 0.2) is 0 Å². The van der Waals surface area contributed by atoms with Crippen LogP contribution in [0.2, 0.25) is 0 Å². The Morgan fingerprint density at radius 1 is 1.29 bits per heavy atom. The Bertz CT molecular complexity index is 495. The molecule has 0 spiro atoms. The highest BCUT2D eigenvalue weighted by atomic mass is 19.1. The zero-order chi connectivity index (χ0) is 15.5. The van der Waals surface area contributed by atoms with Crippen molar-refractivity contribution in [3.05, 3.63) is 47.8 Å². The van der Waals surface area contributed by atoms with Gasteiger partial charge in [0.25, 0.3) is 0 Å². The monoisotopic (exact) mass is 291 g/mol. The van der Waals surface area contributed by atoms with Gasteiger partial charge in [-0.15, -0.1) is 6.58 Å². The van der Waals surface area contributed by atoms with Gasteiger partial charge in [-0.2, -0.15) is 0 Å². The van der Waals surface area contributed by atoms with Crippen molar-refractivity contribution in [2.45, 2.75) is 18.9 Å². The second-order valence-electron chi connectivity index (χ2n) is 6.35. The summed E-state index contributed by atoms with van der Waals surface area (Å²) >= 11 is 0. The summed E-state index contributed by atoms with van der Waals surface area (Å²) in [6.07, 6.45) is 0.597. The molecule has 3 nitrogen and oxygen atoms in total. The summed E-state index contributed by atoms with van der Waals surface area (Å²) in [5.41, 5.74) is 7.49. The number of halogens is 1. The predicted octanol–water partition coefficient (Wildman–Crippen LogP) is 2.19. The lowest BCUT2D eigenvalue weighted by Crippen LogP contribution is -2.53. The molecule has 2 rings (SSSR count). The molecule has 21 heavy (non-hydrogen) atoms. The lowest BCUT2D eigenvalue weighted by atomic mass is 9.84. The quantitative estimate of drug-likeness (QED) is 0.844. The maximum atomic E-state index is 14.2. The van der Waals surface area contributed by atoms with Gasteiger partial charge in [-0.1, -0.05) is 23.8 Å². The standard InChI is InChI=1S/C17H26FN3/c1-14(2)12-17(19,15-6-4-5-7-16(15)18)13-21-10-8-20(3)9-11-21/h4-7H,1,8-13,19H2,2-3H3. The smallest absolute Gasteiger partial charge is 0.128 e. The normalized spacial score (nSPS) is 20.2. The molecule has 0 amide bonds. The van der Waals surface area contributed by atoms with Gasteiger partial charge < -0.3 is 10.6 Å². The number of rotatable bonds is 5. The number of hydrogen-bond acceptors (Lipinski definition) is 3. The molecule has 4 heteroatoms. The zero-order valence-electron chi connectivity index (χ0n) is 13.1. The Morgan fingerprint density at radius 3 is 2.48 bits per heavy atom. The minimum Gasteiger partial charge on any atom is -0.320 e. The number of likely N-dealkylation sites (N-methyl/N-ethyl adjacent to an activating group) is 1. The third-order valence-electron chi connectivity index (χ3n) is 4.13. The van der Waals surface area contributed by atoms with Crippen LogP contribution in [0.5, 0.6) is 0 Å². The first kappa shape index (κ1) is 16.1. The van der Waals surface area contributed by atoms with E-state index in [1.807, 2.05) is 13.0 Å². The number of piperazine rings is 1. The van der Waals surface area contributed by atoms with Crippen LogP contribution in [-0.4, -0.2) is 49.6 Å². The van der Waals surface area contributed by atoms with Crippen LogP contribution in [0.3, 0.4) is 0 Å².